The first-order valence-corrected chi connectivity index (χ1v) is 17.4. The molecule has 0 saturated carbocycles. The Morgan fingerprint density at radius 1 is 0.431 bits per heavy atom. The number of nitrogens with zero attached hydrogens (tertiary/aromatic N) is 5. The number of nitriles is 1. The van der Waals surface area contributed by atoms with Gasteiger partial charge >= 0.3 is 0 Å². The SMILES string of the molecule is N#Cc1ccc(-c2nc(-c3ccccc3)nc(-c3cccc(-c4cccc5c4sc4c(-c6ccc(-c7cccnc7)cc6)cccc45)c3)n2)cc1. The van der Waals surface area contributed by atoms with Gasteiger partial charge in [0, 0.05) is 49.3 Å². The molecule has 5 nitrogen and oxygen atoms in total. The lowest BCUT2D eigenvalue weighted by Crippen LogP contribution is -2.00. The van der Waals surface area contributed by atoms with Crippen LogP contribution in [0.4, 0.5) is 0 Å². The van der Waals surface area contributed by atoms with Gasteiger partial charge in [0.1, 0.15) is 0 Å². The second-order valence-corrected chi connectivity index (χ2v) is 13.2. The molecule has 6 aromatic carbocycles. The minimum atomic E-state index is 0.557. The van der Waals surface area contributed by atoms with Gasteiger partial charge in [0.25, 0.3) is 0 Å². The van der Waals surface area contributed by atoms with Crippen LogP contribution in [0.25, 0.3) is 87.7 Å². The van der Waals surface area contributed by atoms with Gasteiger partial charge in [-0.2, -0.15) is 5.26 Å². The first-order valence-electron chi connectivity index (χ1n) is 16.6. The summed E-state index contributed by atoms with van der Waals surface area (Å²) < 4.78 is 2.50. The van der Waals surface area contributed by atoms with E-state index in [0.29, 0.717) is 23.0 Å². The van der Waals surface area contributed by atoms with Gasteiger partial charge in [-0.15, -0.1) is 11.3 Å². The maximum absolute atomic E-state index is 9.33. The lowest BCUT2D eigenvalue weighted by molar-refractivity contribution is 1.07. The average Bonchev–Trinajstić information content (AvgIpc) is 3.61. The van der Waals surface area contributed by atoms with Gasteiger partial charge in [-0.3, -0.25) is 4.98 Å². The van der Waals surface area contributed by atoms with E-state index in [4.69, 9.17) is 15.0 Å². The van der Waals surface area contributed by atoms with Crippen LogP contribution in [-0.4, -0.2) is 19.9 Å². The maximum atomic E-state index is 9.33. The Labute approximate surface area is 298 Å². The smallest absolute Gasteiger partial charge is 0.164 e. The molecule has 0 fully saturated rings. The zero-order valence-corrected chi connectivity index (χ0v) is 28.0. The topological polar surface area (TPSA) is 75.3 Å². The third-order valence-corrected chi connectivity index (χ3v) is 10.4. The number of benzene rings is 6. The Kier molecular flexibility index (Phi) is 7.66. The molecule has 0 unspecified atom stereocenters. The molecule has 0 aliphatic rings. The highest BCUT2D eigenvalue weighted by atomic mass is 32.1. The summed E-state index contributed by atoms with van der Waals surface area (Å²) in [5.41, 5.74) is 10.1. The minimum absolute atomic E-state index is 0.557. The Morgan fingerprint density at radius 2 is 0.961 bits per heavy atom. The molecule has 9 aromatic rings. The van der Waals surface area contributed by atoms with Crippen LogP contribution in [0.15, 0.2) is 164 Å². The Morgan fingerprint density at radius 3 is 1.61 bits per heavy atom. The molecule has 0 aliphatic carbocycles. The highest BCUT2D eigenvalue weighted by Gasteiger charge is 2.16. The van der Waals surface area contributed by atoms with Crippen molar-refractivity contribution in [2.45, 2.75) is 0 Å². The second-order valence-electron chi connectivity index (χ2n) is 12.2. The van der Waals surface area contributed by atoms with Crippen molar-refractivity contribution in [3.8, 4) is 73.6 Å². The minimum Gasteiger partial charge on any atom is -0.264 e. The molecule has 238 valence electrons. The molecule has 0 aliphatic heterocycles. The van der Waals surface area contributed by atoms with E-state index in [2.05, 4.69) is 102 Å². The lowest BCUT2D eigenvalue weighted by atomic mass is 9.98. The molecule has 9 rings (SSSR count). The second kappa shape index (κ2) is 12.9. The van der Waals surface area contributed by atoms with Crippen molar-refractivity contribution in [2.75, 3.05) is 0 Å². The van der Waals surface area contributed by atoms with E-state index in [-0.39, 0.29) is 0 Å². The molecule has 0 bridgehead atoms. The van der Waals surface area contributed by atoms with Crippen molar-refractivity contribution in [3.63, 3.8) is 0 Å². The number of aromatic nitrogens is 4. The molecule has 0 spiro atoms. The van der Waals surface area contributed by atoms with Crippen LogP contribution in [0.3, 0.4) is 0 Å². The molecule has 0 saturated heterocycles. The number of hydrogen-bond donors (Lipinski definition) is 0. The number of thiophene rings is 1. The summed E-state index contributed by atoms with van der Waals surface area (Å²) in [5.74, 6) is 1.74. The Hall–Kier alpha value is -6.81. The van der Waals surface area contributed by atoms with Crippen molar-refractivity contribution in [3.05, 3.63) is 170 Å². The van der Waals surface area contributed by atoms with Gasteiger partial charge in [0.05, 0.1) is 11.6 Å². The van der Waals surface area contributed by atoms with Gasteiger partial charge in [-0.05, 0) is 69.8 Å². The molecule has 0 atom stereocenters. The third-order valence-electron chi connectivity index (χ3n) is 9.09. The summed E-state index contributed by atoms with van der Waals surface area (Å²) in [4.78, 5) is 19.0. The molecule has 3 aromatic heterocycles. The maximum Gasteiger partial charge on any atom is 0.164 e. The quantitative estimate of drug-likeness (QED) is 0.176. The number of rotatable bonds is 6. The molecule has 0 radical (unpaired) electrons. The summed E-state index contributed by atoms with van der Waals surface area (Å²) in [6.45, 7) is 0. The monoisotopic (exact) mass is 669 g/mol. The van der Waals surface area contributed by atoms with Gasteiger partial charge < -0.3 is 0 Å². The Bertz CT molecular complexity index is 2730. The van der Waals surface area contributed by atoms with Gasteiger partial charge in [-0.1, -0.05) is 115 Å². The van der Waals surface area contributed by atoms with E-state index in [1.54, 1.807) is 18.3 Å². The van der Waals surface area contributed by atoms with Crippen molar-refractivity contribution >= 4 is 31.5 Å². The predicted octanol–water partition coefficient (Wildman–Crippen LogP) is 11.5. The third kappa shape index (κ3) is 5.72. The van der Waals surface area contributed by atoms with Gasteiger partial charge in [-0.25, -0.2) is 15.0 Å². The zero-order valence-electron chi connectivity index (χ0n) is 27.2. The van der Waals surface area contributed by atoms with E-state index in [9.17, 15) is 5.26 Å². The van der Waals surface area contributed by atoms with Crippen LogP contribution >= 0.6 is 11.3 Å². The molecule has 3 heterocycles. The van der Waals surface area contributed by atoms with E-state index < -0.39 is 0 Å². The van der Waals surface area contributed by atoms with E-state index in [0.717, 1.165) is 38.9 Å². The molecule has 6 heteroatoms. The van der Waals surface area contributed by atoms with E-state index in [1.165, 1.54) is 31.3 Å². The molecule has 0 N–H and O–H groups in total. The zero-order chi connectivity index (χ0) is 34.1. The van der Waals surface area contributed by atoms with Crippen molar-refractivity contribution in [1.82, 2.24) is 19.9 Å². The van der Waals surface area contributed by atoms with Crippen LogP contribution in [0.5, 0.6) is 0 Å². The normalized spacial score (nSPS) is 11.1. The van der Waals surface area contributed by atoms with Crippen molar-refractivity contribution in [2.24, 2.45) is 0 Å². The average molecular weight is 670 g/mol. The summed E-state index contributed by atoms with van der Waals surface area (Å²) in [7, 11) is 0. The summed E-state index contributed by atoms with van der Waals surface area (Å²) >= 11 is 1.84. The first kappa shape index (κ1) is 30.3. The Balaban J connectivity index is 1.14. The molecule has 51 heavy (non-hydrogen) atoms. The number of fused-ring (bicyclic) bond motifs is 3. The largest absolute Gasteiger partial charge is 0.264 e. The van der Waals surface area contributed by atoms with Gasteiger partial charge in [0.15, 0.2) is 17.5 Å². The van der Waals surface area contributed by atoms with Crippen LogP contribution < -0.4 is 0 Å². The predicted molar refractivity (Wildman–Crippen MR) is 208 cm³/mol. The van der Waals surface area contributed by atoms with Crippen LogP contribution in [0, 0.1) is 11.3 Å². The highest BCUT2D eigenvalue weighted by molar-refractivity contribution is 7.26. The number of pyridine rings is 1. The van der Waals surface area contributed by atoms with Crippen LogP contribution in [0.1, 0.15) is 5.56 Å². The van der Waals surface area contributed by atoms with E-state index >= 15 is 0 Å². The summed E-state index contributed by atoms with van der Waals surface area (Å²) in [5, 5.41) is 11.8. The van der Waals surface area contributed by atoms with Gasteiger partial charge in [0.2, 0.25) is 0 Å². The van der Waals surface area contributed by atoms with Crippen LogP contribution in [0.2, 0.25) is 0 Å². The standard InChI is InChI=1S/C45H27N5S/c46-27-29-17-19-33(20-18-29)44-48-43(32-8-2-1-3-9-32)49-45(50-44)35-11-4-10-34(26-35)38-14-6-16-40-39-15-5-13-37(41(39)51-42(38)40)31-23-21-30(22-24-31)36-12-7-25-47-28-36/h1-26,28H. The fourth-order valence-electron chi connectivity index (χ4n) is 6.52. The van der Waals surface area contributed by atoms with E-state index in [1.807, 2.05) is 66.1 Å². The van der Waals surface area contributed by atoms with Crippen molar-refractivity contribution in [1.29, 1.82) is 5.26 Å². The first-order chi connectivity index (χ1) is 25.2. The molecular weight excluding hydrogens is 643 g/mol. The molecule has 0 amide bonds. The lowest BCUT2D eigenvalue weighted by Gasteiger charge is -2.10. The highest BCUT2D eigenvalue weighted by Crippen LogP contribution is 2.44. The van der Waals surface area contributed by atoms with Crippen LogP contribution in [-0.2, 0) is 0 Å². The summed E-state index contributed by atoms with van der Waals surface area (Å²) in [6.07, 6.45) is 3.70. The summed E-state index contributed by atoms with van der Waals surface area (Å²) in [6, 6.07) is 53.9. The van der Waals surface area contributed by atoms with Crippen molar-refractivity contribution < 1.29 is 0 Å². The number of hydrogen-bond acceptors (Lipinski definition) is 6. The molecular formula is C45H27N5S. The fraction of sp³-hybridized carbons (Fsp3) is 0. The fourth-order valence-corrected chi connectivity index (χ4v) is 7.89.